The minimum Gasteiger partial charge on any atom is -0.416 e. The van der Waals surface area contributed by atoms with Gasteiger partial charge in [-0.15, -0.1) is 10.2 Å². The molecule has 0 saturated carbocycles. The Labute approximate surface area is 93.6 Å². The summed E-state index contributed by atoms with van der Waals surface area (Å²) in [5.41, 5.74) is 0. The molecular formula is C9H16N4OS. The zero-order chi connectivity index (χ0) is 10.5. The first-order valence-corrected chi connectivity index (χ1v) is 6.40. The van der Waals surface area contributed by atoms with Crippen molar-refractivity contribution in [3.8, 4) is 0 Å². The molecule has 1 aromatic rings. The summed E-state index contributed by atoms with van der Waals surface area (Å²) in [5.74, 6) is 0.748. The van der Waals surface area contributed by atoms with Crippen molar-refractivity contribution in [2.75, 3.05) is 39.0 Å². The summed E-state index contributed by atoms with van der Waals surface area (Å²) in [6.07, 6.45) is 2.79. The van der Waals surface area contributed by atoms with Crippen molar-refractivity contribution in [2.24, 2.45) is 0 Å². The van der Waals surface area contributed by atoms with E-state index in [2.05, 4.69) is 20.4 Å². The van der Waals surface area contributed by atoms with Gasteiger partial charge in [0.05, 0.1) is 0 Å². The second kappa shape index (κ2) is 5.48. The third-order valence-corrected chi connectivity index (χ3v) is 2.99. The Morgan fingerprint density at radius 3 is 2.87 bits per heavy atom. The van der Waals surface area contributed by atoms with Gasteiger partial charge in [-0.2, -0.15) is 0 Å². The lowest BCUT2D eigenvalue weighted by molar-refractivity contribution is 0.236. The molecule has 2 heterocycles. The normalized spacial score (nSPS) is 18.2. The third kappa shape index (κ3) is 3.19. The van der Waals surface area contributed by atoms with Crippen LogP contribution in [-0.4, -0.2) is 54.1 Å². The van der Waals surface area contributed by atoms with Gasteiger partial charge in [0.1, 0.15) is 0 Å². The highest BCUT2D eigenvalue weighted by atomic mass is 32.2. The quantitative estimate of drug-likeness (QED) is 0.745. The Kier molecular flexibility index (Phi) is 3.99. The lowest BCUT2D eigenvalue weighted by Gasteiger charge is -2.26. The molecule has 0 unspecified atom stereocenters. The van der Waals surface area contributed by atoms with Gasteiger partial charge in [0.2, 0.25) is 5.89 Å². The van der Waals surface area contributed by atoms with Gasteiger partial charge < -0.3 is 14.6 Å². The maximum Gasteiger partial charge on any atom is 0.276 e. The second-order valence-corrected chi connectivity index (χ2v) is 4.26. The van der Waals surface area contributed by atoms with E-state index in [1.54, 1.807) is 0 Å². The van der Waals surface area contributed by atoms with Crippen LogP contribution in [0.3, 0.4) is 0 Å². The molecule has 1 aromatic heterocycles. The van der Waals surface area contributed by atoms with Crippen molar-refractivity contribution in [3.05, 3.63) is 5.89 Å². The monoisotopic (exact) mass is 228 g/mol. The van der Waals surface area contributed by atoms with Gasteiger partial charge in [-0.05, 0) is 6.26 Å². The molecule has 0 aromatic carbocycles. The number of thioether (sulfide) groups is 1. The highest BCUT2D eigenvalue weighted by Crippen LogP contribution is 2.12. The maximum atomic E-state index is 5.42. The first kappa shape index (κ1) is 10.9. The Hall–Kier alpha value is -0.590. The summed E-state index contributed by atoms with van der Waals surface area (Å²) < 4.78 is 5.42. The molecule has 1 aliphatic rings. The maximum absolute atomic E-state index is 5.42. The summed E-state index contributed by atoms with van der Waals surface area (Å²) in [6.45, 7) is 5.41. The smallest absolute Gasteiger partial charge is 0.276 e. The summed E-state index contributed by atoms with van der Waals surface area (Å²) in [4.78, 5) is 2.42. The molecular weight excluding hydrogens is 212 g/mol. The molecule has 1 N–H and O–H groups in total. The fraction of sp³-hybridized carbons (Fsp3) is 0.778. The molecule has 0 atom stereocenters. The molecule has 1 saturated heterocycles. The predicted octanol–water partition coefficient (Wildman–Crippen LogP) is 0.239. The number of nitrogens with zero attached hydrogens (tertiary/aromatic N) is 3. The molecule has 0 radical (unpaired) electrons. The molecule has 84 valence electrons. The van der Waals surface area contributed by atoms with E-state index in [4.69, 9.17) is 4.42 Å². The van der Waals surface area contributed by atoms with Gasteiger partial charge in [0.25, 0.3) is 5.22 Å². The molecule has 0 aliphatic carbocycles. The molecule has 0 spiro atoms. The van der Waals surface area contributed by atoms with E-state index >= 15 is 0 Å². The van der Waals surface area contributed by atoms with Crippen LogP contribution < -0.4 is 5.32 Å². The van der Waals surface area contributed by atoms with Crippen molar-refractivity contribution in [3.63, 3.8) is 0 Å². The molecule has 0 bridgehead atoms. The van der Waals surface area contributed by atoms with E-state index in [1.807, 2.05) is 6.26 Å². The Morgan fingerprint density at radius 1 is 1.40 bits per heavy atom. The van der Waals surface area contributed by atoms with Gasteiger partial charge in [-0.25, -0.2) is 0 Å². The van der Waals surface area contributed by atoms with Gasteiger partial charge >= 0.3 is 0 Å². The van der Waals surface area contributed by atoms with Gasteiger partial charge in [-0.3, -0.25) is 0 Å². The molecule has 5 nitrogen and oxygen atoms in total. The fourth-order valence-electron chi connectivity index (χ4n) is 1.61. The van der Waals surface area contributed by atoms with Crippen molar-refractivity contribution < 1.29 is 4.42 Å². The highest BCUT2D eigenvalue weighted by Gasteiger charge is 2.11. The van der Waals surface area contributed by atoms with Crippen LogP contribution in [0.25, 0.3) is 0 Å². The molecule has 15 heavy (non-hydrogen) atoms. The summed E-state index contributed by atoms with van der Waals surface area (Å²) in [5, 5.41) is 11.9. The van der Waals surface area contributed by atoms with Gasteiger partial charge in [0, 0.05) is 39.1 Å². The fourth-order valence-corrected chi connectivity index (χ4v) is 1.91. The first-order chi connectivity index (χ1) is 7.38. The number of piperazine rings is 1. The van der Waals surface area contributed by atoms with E-state index in [1.165, 1.54) is 11.8 Å². The largest absolute Gasteiger partial charge is 0.416 e. The average Bonchev–Trinajstić information content (AvgIpc) is 2.76. The van der Waals surface area contributed by atoms with Crippen LogP contribution in [0.5, 0.6) is 0 Å². The third-order valence-electron chi connectivity index (χ3n) is 2.47. The minimum absolute atomic E-state index is 0.658. The van der Waals surface area contributed by atoms with Crippen molar-refractivity contribution in [2.45, 2.75) is 11.6 Å². The number of nitrogens with one attached hydrogen (secondary N) is 1. The van der Waals surface area contributed by atoms with Gasteiger partial charge in [0.15, 0.2) is 0 Å². The lowest BCUT2D eigenvalue weighted by atomic mass is 10.3. The standard InChI is InChI=1S/C9H16N4OS/c1-15-9-12-11-8(14-9)2-5-13-6-3-10-4-7-13/h10H,2-7H2,1H3. The van der Waals surface area contributed by atoms with Crippen molar-refractivity contribution in [1.29, 1.82) is 0 Å². The van der Waals surface area contributed by atoms with E-state index in [-0.39, 0.29) is 0 Å². The zero-order valence-corrected chi connectivity index (χ0v) is 9.72. The van der Waals surface area contributed by atoms with Crippen molar-refractivity contribution in [1.82, 2.24) is 20.4 Å². The van der Waals surface area contributed by atoms with Crippen LogP contribution >= 0.6 is 11.8 Å². The predicted molar refractivity (Wildman–Crippen MR) is 59.1 cm³/mol. The van der Waals surface area contributed by atoms with E-state index in [9.17, 15) is 0 Å². The lowest BCUT2D eigenvalue weighted by Crippen LogP contribution is -2.44. The van der Waals surface area contributed by atoms with Crippen LogP contribution in [-0.2, 0) is 6.42 Å². The Balaban J connectivity index is 1.76. The van der Waals surface area contributed by atoms with E-state index < -0.39 is 0 Å². The van der Waals surface area contributed by atoms with Crippen LogP contribution in [0, 0.1) is 0 Å². The average molecular weight is 228 g/mol. The molecule has 2 rings (SSSR count). The van der Waals surface area contributed by atoms with Crippen LogP contribution in [0.1, 0.15) is 5.89 Å². The minimum atomic E-state index is 0.658. The highest BCUT2D eigenvalue weighted by molar-refractivity contribution is 7.98. The topological polar surface area (TPSA) is 54.2 Å². The molecule has 1 fully saturated rings. The summed E-state index contributed by atoms with van der Waals surface area (Å²) in [7, 11) is 0. The summed E-state index contributed by atoms with van der Waals surface area (Å²) >= 11 is 1.49. The number of rotatable bonds is 4. The van der Waals surface area contributed by atoms with E-state index in [0.717, 1.165) is 45.0 Å². The number of aromatic nitrogens is 2. The summed E-state index contributed by atoms with van der Waals surface area (Å²) in [6, 6.07) is 0. The molecule has 6 heteroatoms. The number of hydrogen-bond acceptors (Lipinski definition) is 6. The number of hydrogen-bond donors (Lipinski definition) is 1. The van der Waals surface area contributed by atoms with Crippen LogP contribution in [0.4, 0.5) is 0 Å². The molecule has 1 aliphatic heterocycles. The first-order valence-electron chi connectivity index (χ1n) is 5.18. The SMILES string of the molecule is CSc1nnc(CCN2CCNCC2)o1. The zero-order valence-electron chi connectivity index (χ0n) is 8.90. The van der Waals surface area contributed by atoms with Crippen LogP contribution in [0.15, 0.2) is 9.64 Å². The Bertz CT molecular complexity index is 298. The molecule has 0 amide bonds. The van der Waals surface area contributed by atoms with Crippen molar-refractivity contribution >= 4 is 11.8 Å². The van der Waals surface area contributed by atoms with Gasteiger partial charge in [-0.1, -0.05) is 11.8 Å². The van der Waals surface area contributed by atoms with Crippen LogP contribution in [0.2, 0.25) is 0 Å². The van der Waals surface area contributed by atoms with E-state index in [0.29, 0.717) is 5.22 Å². The Morgan fingerprint density at radius 2 is 2.20 bits per heavy atom. The second-order valence-electron chi connectivity index (χ2n) is 3.51.